The summed E-state index contributed by atoms with van der Waals surface area (Å²) in [5.74, 6) is 0.118. The number of amides is 3. The molecule has 7 heteroatoms. The van der Waals surface area contributed by atoms with Crippen molar-refractivity contribution in [3.8, 4) is 0 Å². The van der Waals surface area contributed by atoms with E-state index in [-0.39, 0.29) is 29.6 Å². The molecular formula is C24H38N4O3. The van der Waals surface area contributed by atoms with E-state index in [1.807, 2.05) is 52.0 Å². The number of hydrogen-bond donors (Lipinski definition) is 2. The summed E-state index contributed by atoms with van der Waals surface area (Å²) in [5.41, 5.74) is 1.98. The number of carbonyl (C=O) groups is 3. The van der Waals surface area contributed by atoms with Gasteiger partial charge in [0.1, 0.15) is 6.04 Å². The van der Waals surface area contributed by atoms with E-state index >= 15 is 0 Å². The summed E-state index contributed by atoms with van der Waals surface area (Å²) in [6.07, 6.45) is 1.28. The van der Waals surface area contributed by atoms with Gasteiger partial charge in [-0.05, 0) is 29.9 Å². The maximum absolute atomic E-state index is 13.0. The largest absolute Gasteiger partial charge is 0.344 e. The van der Waals surface area contributed by atoms with Gasteiger partial charge < -0.3 is 15.5 Å². The Morgan fingerprint density at radius 2 is 1.61 bits per heavy atom. The normalized spacial score (nSPS) is 15.8. The third kappa shape index (κ3) is 7.65. The molecule has 1 aromatic carbocycles. The first kappa shape index (κ1) is 24.9. The van der Waals surface area contributed by atoms with Crippen LogP contribution in [-0.4, -0.2) is 66.3 Å². The first-order valence-corrected chi connectivity index (χ1v) is 11.4. The minimum atomic E-state index is -0.508. The van der Waals surface area contributed by atoms with Crippen LogP contribution in [0, 0.1) is 11.8 Å². The summed E-state index contributed by atoms with van der Waals surface area (Å²) in [6.45, 7) is 12.6. The fourth-order valence-corrected chi connectivity index (χ4v) is 3.78. The summed E-state index contributed by atoms with van der Waals surface area (Å²) < 4.78 is 0. The SMILES string of the molecule is CCc1ccccc1NC(=O)CN1CCN(C(=O)C(NC(=O)CC(C)C)C(C)C)CC1. The van der Waals surface area contributed by atoms with Crippen molar-refractivity contribution in [1.82, 2.24) is 15.1 Å². The predicted molar refractivity (Wildman–Crippen MR) is 124 cm³/mol. The van der Waals surface area contributed by atoms with Gasteiger partial charge in [-0.1, -0.05) is 52.8 Å². The Balaban J connectivity index is 1.85. The Bertz CT molecular complexity index is 755. The van der Waals surface area contributed by atoms with Crippen LogP contribution in [0.4, 0.5) is 5.69 Å². The van der Waals surface area contributed by atoms with Gasteiger partial charge in [0.2, 0.25) is 17.7 Å². The molecule has 1 unspecified atom stereocenters. The molecule has 1 aliphatic rings. The maximum atomic E-state index is 13.0. The average Bonchev–Trinajstić information content (AvgIpc) is 2.71. The zero-order valence-electron chi connectivity index (χ0n) is 19.6. The number of benzene rings is 1. The molecule has 0 bridgehead atoms. The number of carbonyl (C=O) groups excluding carboxylic acids is 3. The lowest BCUT2D eigenvalue weighted by Crippen LogP contribution is -2.57. The van der Waals surface area contributed by atoms with Crippen LogP contribution in [0.15, 0.2) is 24.3 Å². The van der Waals surface area contributed by atoms with E-state index in [1.54, 1.807) is 4.90 Å². The first-order chi connectivity index (χ1) is 14.7. The van der Waals surface area contributed by atoms with Crippen LogP contribution in [0.1, 0.15) is 46.6 Å². The van der Waals surface area contributed by atoms with Gasteiger partial charge in [-0.2, -0.15) is 0 Å². The molecule has 7 nitrogen and oxygen atoms in total. The lowest BCUT2D eigenvalue weighted by molar-refractivity contribution is -0.139. The van der Waals surface area contributed by atoms with E-state index < -0.39 is 6.04 Å². The molecule has 0 saturated carbocycles. The van der Waals surface area contributed by atoms with Crippen molar-refractivity contribution in [2.24, 2.45) is 11.8 Å². The van der Waals surface area contributed by atoms with Crippen LogP contribution in [0.3, 0.4) is 0 Å². The fraction of sp³-hybridized carbons (Fsp3) is 0.625. The van der Waals surface area contributed by atoms with Gasteiger partial charge >= 0.3 is 0 Å². The number of rotatable bonds is 9. The number of nitrogens with one attached hydrogen (secondary N) is 2. The summed E-state index contributed by atoms with van der Waals surface area (Å²) >= 11 is 0. The van der Waals surface area contributed by atoms with Crippen molar-refractivity contribution in [2.75, 3.05) is 38.0 Å². The minimum Gasteiger partial charge on any atom is -0.344 e. The van der Waals surface area contributed by atoms with Crippen LogP contribution in [0.2, 0.25) is 0 Å². The topological polar surface area (TPSA) is 81.8 Å². The standard InChI is InChI=1S/C24H38N4O3/c1-6-19-9-7-8-10-20(19)25-22(30)16-27-11-13-28(14-12-27)24(31)23(18(4)5)26-21(29)15-17(2)3/h7-10,17-18,23H,6,11-16H2,1-5H3,(H,25,30)(H,26,29). The molecule has 1 aliphatic heterocycles. The zero-order chi connectivity index (χ0) is 23.0. The van der Waals surface area contributed by atoms with E-state index in [0.717, 1.165) is 17.7 Å². The highest BCUT2D eigenvalue weighted by Gasteiger charge is 2.31. The Hall–Kier alpha value is -2.41. The molecule has 1 heterocycles. The molecule has 1 aromatic rings. The van der Waals surface area contributed by atoms with Gasteiger partial charge in [0.25, 0.3) is 0 Å². The van der Waals surface area contributed by atoms with Gasteiger partial charge in [-0.15, -0.1) is 0 Å². The van der Waals surface area contributed by atoms with Crippen LogP contribution < -0.4 is 10.6 Å². The number of nitrogens with zero attached hydrogens (tertiary/aromatic N) is 2. The van der Waals surface area contributed by atoms with Crippen molar-refractivity contribution in [3.63, 3.8) is 0 Å². The fourth-order valence-electron chi connectivity index (χ4n) is 3.78. The summed E-state index contributed by atoms with van der Waals surface area (Å²) in [7, 11) is 0. The number of para-hydroxylation sites is 1. The van der Waals surface area contributed by atoms with E-state index in [9.17, 15) is 14.4 Å². The van der Waals surface area contributed by atoms with E-state index in [0.29, 0.717) is 39.1 Å². The molecular weight excluding hydrogens is 392 g/mol. The third-order valence-corrected chi connectivity index (χ3v) is 5.57. The number of aryl methyl sites for hydroxylation is 1. The highest BCUT2D eigenvalue weighted by molar-refractivity contribution is 5.93. The molecule has 0 radical (unpaired) electrons. The number of hydrogen-bond acceptors (Lipinski definition) is 4. The molecule has 172 valence electrons. The molecule has 1 atom stereocenters. The van der Waals surface area contributed by atoms with E-state index in [4.69, 9.17) is 0 Å². The third-order valence-electron chi connectivity index (χ3n) is 5.57. The first-order valence-electron chi connectivity index (χ1n) is 11.4. The van der Waals surface area contributed by atoms with E-state index in [1.165, 1.54) is 0 Å². The lowest BCUT2D eigenvalue weighted by atomic mass is 10.0. The second-order valence-electron chi connectivity index (χ2n) is 9.05. The molecule has 0 spiro atoms. The van der Waals surface area contributed by atoms with Crippen LogP contribution >= 0.6 is 0 Å². The summed E-state index contributed by atoms with van der Waals surface area (Å²) in [6, 6.07) is 7.33. The highest BCUT2D eigenvalue weighted by atomic mass is 16.2. The molecule has 2 N–H and O–H groups in total. The van der Waals surface area contributed by atoms with Gasteiger partial charge in [-0.25, -0.2) is 0 Å². The van der Waals surface area contributed by atoms with Crippen LogP contribution in [0.25, 0.3) is 0 Å². The lowest BCUT2D eigenvalue weighted by Gasteiger charge is -2.37. The number of piperazine rings is 1. The molecule has 3 amide bonds. The van der Waals surface area contributed by atoms with Gasteiger partial charge in [0, 0.05) is 38.3 Å². The molecule has 2 rings (SSSR count). The van der Waals surface area contributed by atoms with Gasteiger partial charge in [0.05, 0.1) is 6.54 Å². The van der Waals surface area contributed by atoms with Crippen molar-refractivity contribution < 1.29 is 14.4 Å². The van der Waals surface area contributed by atoms with Crippen molar-refractivity contribution in [3.05, 3.63) is 29.8 Å². The molecule has 31 heavy (non-hydrogen) atoms. The second-order valence-corrected chi connectivity index (χ2v) is 9.05. The molecule has 1 fully saturated rings. The second kappa shape index (κ2) is 11.8. The summed E-state index contributed by atoms with van der Waals surface area (Å²) in [4.78, 5) is 41.6. The quantitative estimate of drug-likeness (QED) is 0.631. The Morgan fingerprint density at radius 3 is 2.19 bits per heavy atom. The predicted octanol–water partition coefficient (Wildman–Crippen LogP) is 2.52. The maximum Gasteiger partial charge on any atom is 0.245 e. The monoisotopic (exact) mass is 430 g/mol. The molecule has 0 aliphatic carbocycles. The van der Waals surface area contributed by atoms with Crippen molar-refractivity contribution >= 4 is 23.4 Å². The molecule has 1 saturated heterocycles. The van der Waals surface area contributed by atoms with E-state index in [2.05, 4.69) is 22.5 Å². The number of anilines is 1. The highest BCUT2D eigenvalue weighted by Crippen LogP contribution is 2.16. The van der Waals surface area contributed by atoms with Crippen LogP contribution in [0.5, 0.6) is 0 Å². The van der Waals surface area contributed by atoms with Crippen LogP contribution in [-0.2, 0) is 20.8 Å². The van der Waals surface area contributed by atoms with Gasteiger partial charge in [-0.3, -0.25) is 19.3 Å². The van der Waals surface area contributed by atoms with Crippen molar-refractivity contribution in [2.45, 2.75) is 53.5 Å². The zero-order valence-corrected chi connectivity index (χ0v) is 19.6. The van der Waals surface area contributed by atoms with Crippen molar-refractivity contribution in [1.29, 1.82) is 0 Å². The molecule has 0 aromatic heterocycles. The Labute approximate surface area is 186 Å². The van der Waals surface area contributed by atoms with Gasteiger partial charge in [0.15, 0.2) is 0 Å². The summed E-state index contributed by atoms with van der Waals surface area (Å²) in [5, 5.41) is 5.92. The Kier molecular flexibility index (Phi) is 9.49. The smallest absolute Gasteiger partial charge is 0.245 e. The minimum absolute atomic E-state index is 0.0195. The average molecular weight is 431 g/mol. The Morgan fingerprint density at radius 1 is 0.968 bits per heavy atom.